The van der Waals surface area contributed by atoms with Gasteiger partial charge in [0.25, 0.3) is 0 Å². The lowest BCUT2D eigenvalue weighted by molar-refractivity contribution is 0.176. The molecule has 96 valence electrons. The van der Waals surface area contributed by atoms with E-state index in [1.807, 2.05) is 0 Å². The third-order valence-electron chi connectivity index (χ3n) is 3.32. The van der Waals surface area contributed by atoms with Crippen LogP contribution in [0.1, 0.15) is 31.0 Å². The number of nitrogens with zero attached hydrogens (tertiary/aromatic N) is 3. The van der Waals surface area contributed by atoms with Crippen LogP contribution in [0.25, 0.3) is 0 Å². The van der Waals surface area contributed by atoms with Crippen LogP contribution in [0.4, 0.5) is 10.5 Å². The average Bonchev–Trinajstić information content (AvgIpc) is 3.12. The fourth-order valence-electron chi connectivity index (χ4n) is 2.08. The maximum absolute atomic E-state index is 11.8. The van der Waals surface area contributed by atoms with E-state index in [2.05, 4.69) is 15.3 Å². The van der Waals surface area contributed by atoms with Gasteiger partial charge in [0.05, 0.1) is 24.2 Å². The molecule has 0 aromatic carbocycles. The van der Waals surface area contributed by atoms with Crippen LogP contribution in [-0.2, 0) is 0 Å². The van der Waals surface area contributed by atoms with E-state index in [0.29, 0.717) is 31.1 Å². The van der Waals surface area contributed by atoms with Crippen LogP contribution < -0.4 is 5.32 Å². The van der Waals surface area contributed by atoms with Gasteiger partial charge < -0.3 is 15.3 Å². The molecule has 18 heavy (non-hydrogen) atoms. The van der Waals surface area contributed by atoms with E-state index in [9.17, 15) is 9.90 Å². The van der Waals surface area contributed by atoms with Crippen molar-refractivity contribution in [1.82, 2.24) is 14.9 Å². The van der Waals surface area contributed by atoms with Crippen molar-refractivity contribution in [3.63, 3.8) is 0 Å². The van der Waals surface area contributed by atoms with E-state index in [4.69, 9.17) is 0 Å². The number of likely N-dealkylation sites (tertiary alicyclic amines) is 1. The molecule has 0 radical (unpaired) electrons. The largest absolute Gasteiger partial charge is 0.391 e. The Morgan fingerprint density at radius 2 is 2.06 bits per heavy atom. The van der Waals surface area contributed by atoms with Crippen LogP contribution in [0, 0.1) is 0 Å². The highest BCUT2D eigenvalue weighted by molar-refractivity contribution is 5.89. The number of anilines is 1. The highest BCUT2D eigenvalue weighted by atomic mass is 16.3. The molecule has 3 rings (SSSR count). The number of aliphatic hydroxyl groups excluding tert-OH is 1. The summed E-state index contributed by atoms with van der Waals surface area (Å²) >= 11 is 0. The molecule has 2 N–H and O–H groups in total. The SMILES string of the molecule is O=C(Nc1cnc(C2CC2)nc1)N1CC[C@@H](O)C1. The lowest BCUT2D eigenvalue weighted by Gasteiger charge is -2.16. The van der Waals surface area contributed by atoms with Crippen LogP contribution >= 0.6 is 0 Å². The van der Waals surface area contributed by atoms with Crippen LogP contribution in [0.3, 0.4) is 0 Å². The first-order chi connectivity index (χ1) is 8.72. The molecule has 6 nitrogen and oxygen atoms in total. The number of urea groups is 1. The Hall–Kier alpha value is -1.69. The number of aromatic nitrogens is 2. The third-order valence-corrected chi connectivity index (χ3v) is 3.32. The molecular formula is C12H16N4O2. The van der Waals surface area contributed by atoms with Gasteiger partial charge in [-0.3, -0.25) is 0 Å². The zero-order valence-electron chi connectivity index (χ0n) is 10.0. The fourth-order valence-corrected chi connectivity index (χ4v) is 2.08. The van der Waals surface area contributed by atoms with E-state index < -0.39 is 6.10 Å². The van der Waals surface area contributed by atoms with Crippen molar-refractivity contribution >= 4 is 11.7 Å². The van der Waals surface area contributed by atoms with Crippen LogP contribution in [0.15, 0.2) is 12.4 Å². The minimum absolute atomic E-state index is 0.200. The molecule has 0 unspecified atom stereocenters. The summed E-state index contributed by atoms with van der Waals surface area (Å²) in [4.78, 5) is 21.9. The van der Waals surface area contributed by atoms with Crippen molar-refractivity contribution in [2.24, 2.45) is 0 Å². The molecule has 1 aromatic heterocycles. The van der Waals surface area contributed by atoms with Gasteiger partial charge in [-0.25, -0.2) is 14.8 Å². The minimum Gasteiger partial charge on any atom is -0.391 e. The molecule has 0 spiro atoms. The lowest BCUT2D eigenvalue weighted by atomic mass is 10.3. The number of carbonyl (C=O) groups excluding carboxylic acids is 1. The Morgan fingerprint density at radius 1 is 1.33 bits per heavy atom. The molecule has 2 fully saturated rings. The number of rotatable bonds is 2. The van der Waals surface area contributed by atoms with Crippen molar-refractivity contribution in [2.45, 2.75) is 31.3 Å². The molecule has 2 aliphatic rings. The monoisotopic (exact) mass is 248 g/mol. The zero-order chi connectivity index (χ0) is 12.5. The van der Waals surface area contributed by atoms with Crippen molar-refractivity contribution in [1.29, 1.82) is 0 Å². The van der Waals surface area contributed by atoms with Gasteiger partial charge in [-0.15, -0.1) is 0 Å². The summed E-state index contributed by atoms with van der Waals surface area (Å²) in [7, 11) is 0. The fraction of sp³-hybridized carbons (Fsp3) is 0.583. The minimum atomic E-state index is -0.399. The molecule has 1 aliphatic heterocycles. The van der Waals surface area contributed by atoms with Gasteiger partial charge in [0.1, 0.15) is 5.82 Å². The Balaban J connectivity index is 1.59. The second-order valence-electron chi connectivity index (χ2n) is 4.92. The van der Waals surface area contributed by atoms with E-state index in [0.717, 1.165) is 18.7 Å². The molecule has 1 aromatic rings. The first-order valence-corrected chi connectivity index (χ1v) is 6.28. The van der Waals surface area contributed by atoms with E-state index >= 15 is 0 Å². The molecule has 0 bridgehead atoms. The topological polar surface area (TPSA) is 78.4 Å². The van der Waals surface area contributed by atoms with Gasteiger partial charge in [-0.2, -0.15) is 0 Å². The molecule has 1 saturated carbocycles. The van der Waals surface area contributed by atoms with Gasteiger partial charge in [-0.1, -0.05) is 0 Å². The van der Waals surface area contributed by atoms with Gasteiger partial charge in [-0.05, 0) is 19.3 Å². The van der Waals surface area contributed by atoms with Crippen molar-refractivity contribution < 1.29 is 9.90 Å². The molecule has 2 heterocycles. The second-order valence-corrected chi connectivity index (χ2v) is 4.92. The lowest BCUT2D eigenvalue weighted by Crippen LogP contribution is -2.33. The number of β-amino-alcohol motifs (C(OH)–C–C–N with tert-alkyl or cyclic N) is 1. The second kappa shape index (κ2) is 4.53. The molecule has 2 amide bonds. The summed E-state index contributed by atoms with van der Waals surface area (Å²) in [5, 5.41) is 12.1. The van der Waals surface area contributed by atoms with Crippen LogP contribution in [0.2, 0.25) is 0 Å². The Bertz CT molecular complexity index is 444. The van der Waals surface area contributed by atoms with Crippen molar-refractivity contribution in [3.05, 3.63) is 18.2 Å². The van der Waals surface area contributed by atoms with E-state index in [1.54, 1.807) is 17.3 Å². The van der Waals surface area contributed by atoms with E-state index in [1.165, 1.54) is 0 Å². The van der Waals surface area contributed by atoms with Gasteiger partial charge >= 0.3 is 6.03 Å². The summed E-state index contributed by atoms with van der Waals surface area (Å²) in [6.07, 6.45) is 5.86. The first kappa shape index (κ1) is 11.4. The predicted octanol–water partition coefficient (Wildman–Crippen LogP) is 0.952. The molecule has 1 saturated heterocycles. The average molecular weight is 248 g/mol. The maximum Gasteiger partial charge on any atom is 0.322 e. The smallest absolute Gasteiger partial charge is 0.322 e. The summed E-state index contributed by atoms with van der Waals surface area (Å²) in [5.74, 6) is 1.38. The van der Waals surface area contributed by atoms with Gasteiger partial charge in [0.2, 0.25) is 0 Å². The Kier molecular flexibility index (Phi) is 2.87. The highest BCUT2D eigenvalue weighted by Crippen LogP contribution is 2.37. The van der Waals surface area contributed by atoms with Gasteiger partial charge in [0.15, 0.2) is 0 Å². The van der Waals surface area contributed by atoms with Crippen LogP contribution in [0.5, 0.6) is 0 Å². The molecule has 1 atom stereocenters. The quantitative estimate of drug-likeness (QED) is 0.817. The summed E-state index contributed by atoms with van der Waals surface area (Å²) in [6.45, 7) is 0.987. The number of aliphatic hydroxyl groups is 1. The Labute approximate surface area is 105 Å². The Morgan fingerprint density at radius 3 is 2.61 bits per heavy atom. The molecule has 1 aliphatic carbocycles. The number of hydrogen-bond acceptors (Lipinski definition) is 4. The standard InChI is InChI=1S/C12H16N4O2/c17-10-3-4-16(7-10)12(18)15-9-5-13-11(14-6-9)8-1-2-8/h5-6,8,10,17H,1-4,7H2,(H,15,18)/t10-/m1/s1. The number of nitrogens with one attached hydrogen (secondary N) is 1. The van der Waals surface area contributed by atoms with Crippen molar-refractivity contribution in [3.8, 4) is 0 Å². The van der Waals surface area contributed by atoms with Crippen molar-refractivity contribution in [2.75, 3.05) is 18.4 Å². The first-order valence-electron chi connectivity index (χ1n) is 6.28. The summed E-state index contributed by atoms with van der Waals surface area (Å²) < 4.78 is 0. The predicted molar refractivity (Wildman–Crippen MR) is 65.2 cm³/mol. The highest BCUT2D eigenvalue weighted by Gasteiger charge is 2.27. The summed E-state index contributed by atoms with van der Waals surface area (Å²) in [5.41, 5.74) is 0.603. The van der Waals surface area contributed by atoms with Gasteiger partial charge in [0, 0.05) is 19.0 Å². The number of hydrogen-bond donors (Lipinski definition) is 2. The maximum atomic E-state index is 11.8. The normalized spacial score (nSPS) is 23.2. The zero-order valence-corrected chi connectivity index (χ0v) is 10.0. The van der Waals surface area contributed by atoms with E-state index in [-0.39, 0.29) is 6.03 Å². The van der Waals surface area contributed by atoms with Crippen LogP contribution in [-0.4, -0.2) is 45.2 Å². The third kappa shape index (κ3) is 2.43. The number of amides is 2. The molecular weight excluding hydrogens is 232 g/mol. The number of carbonyl (C=O) groups is 1. The molecule has 6 heteroatoms. The summed E-state index contributed by atoms with van der Waals surface area (Å²) in [6, 6.07) is -0.200.